The predicted octanol–water partition coefficient (Wildman–Crippen LogP) is -1.77. The third-order valence-corrected chi connectivity index (χ3v) is 3.35. The normalized spacial score (nSPS) is 18.0. The Labute approximate surface area is 102 Å². The maximum Gasteiger partial charge on any atom is 0.353 e. The highest BCUT2D eigenvalue weighted by Crippen LogP contribution is 2.15. The molecule has 1 aliphatic rings. The molecule has 10 heteroatoms. The van der Waals surface area contributed by atoms with Crippen LogP contribution in [0.15, 0.2) is 0 Å². The first-order valence-corrected chi connectivity index (χ1v) is 6.42. The van der Waals surface area contributed by atoms with Gasteiger partial charge in [-0.3, -0.25) is 14.1 Å². The second-order valence-electron chi connectivity index (χ2n) is 3.51. The maximum absolute atomic E-state index is 11.4. The van der Waals surface area contributed by atoms with Crippen molar-refractivity contribution in [1.82, 2.24) is 5.06 Å². The minimum Gasteiger partial charge on any atom is -0.396 e. The second kappa shape index (κ2) is 5.42. The van der Waals surface area contributed by atoms with Crippen LogP contribution in [0, 0.1) is 0 Å². The molecule has 0 aromatic carbocycles. The van der Waals surface area contributed by atoms with Crippen LogP contribution in [0.3, 0.4) is 0 Å². The van der Waals surface area contributed by atoms with Gasteiger partial charge in [0.15, 0.2) is 5.25 Å². The van der Waals surface area contributed by atoms with Crippen molar-refractivity contribution in [2.45, 2.75) is 24.5 Å². The fourth-order valence-corrected chi connectivity index (χ4v) is 2.00. The Morgan fingerprint density at radius 3 is 2.22 bits per heavy atom. The molecule has 1 rings (SSSR count). The molecule has 1 fully saturated rings. The molecule has 0 aromatic rings. The summed E-state index contributed by atoms with van der Waals surface area (Å²) in [7, 11) is -4.79. The number of rotatable bonds is 5. The first-order chi connectivity index (χ1) is 8.27. The molecule has 0 saturated carbocycles. The van der Waals surface area contributed by atoms with Gasteiger partial charge >= 0.3 is 5.97 Å². The van der Waals surface area contributed by atoms with Gasteiger partial charge in [-0.2, -0.15) is 8.42 Å². The molecule has 2 amide bonds. The van der Waals surface area contributed by atoms with Crippen molar-refractivity contribution >= 4 is 27.9 Å². The van der Waals surface area contributed by atoms with Gasteiger partial charge < -0.3 is 9.94 Å². The molecule has 1 saturated heterocycles. The molecule has 1 unspecified atom stereocenters. The molecule has 2 N–H and O–H groups in total. The summed E-state index contributed by atoms with van der Waals surface area (Å²) < 4.78 is 30.5. The van der Waals surface area contributed by atoms with Crippen LogP contribution in [0.5, 0.6) is 0 Å². The van der Waals surface area contributed by atoms with E-state index < -0.39 is 46.2 Å². The summed E-state index contributed by atoms with van der Waals surface area (Å²) in [6.07, 6.45) is -0.876. The van der Waals surface area contributed by atoms with Crippen LogP contribution in [-0.2, 0) is 29.3 Å². The number of imide groups is 1. The Morgan fingerprint density at radius 1 is 1.33 bits per heavy atom. The van der Waals surface area contributed by atoms with Crippen molar-refractivity contribution in [3.05, 3.63) is 0 Å². The lowest BCUT2D eigenvalue weighted by molar-refractivity contribution is -0.197. The van der Waals surface area contributed by atoms with Gasteiger partial charge in [0.25, 0.3) is 21.9 Å². The number of nitrogens with zero attached hydrogens (tertiary/aromatic N) is 1. The molecule has 0 aromatic heterocycles. The van der Waals surface area contributed by atoms with E-state index in [4.69, 9.17) is 9.66 Å². The number of hydroxylamine groups is 2. The van der Waals surface area contributed by atoms with E-state index in [9.17, 15) is 22.8 Å². The van der Waals surface area contributed by atoms with Gasteiger partial charge in [-0.15, -0.1) is 5.06 Å². The summed E-state index contributed by atoms with van der Waals surface area (Å²) in [5.74, 6) is -3.03. The summed E-state index contributed by atoms with van der Waals surface area (Å²) in [4.78, 5) is 38.0. The number of hydrogen-bond donors (Lipinski definition) is 2. The molecule has 102 valence electrons. The van der Waals surface area contributed by atoms with E-state index in [-0.39, 0.29) is 17.9 Å². The third kappa shape index (κ3) is 3.24. The van der Waals surface area contributed by atoms with Crippen LogP contribution in [-0.4, -0.2) is 52.8 Å². The molecule has 0 spiro atoms. The van der Waals surface area contributed by atoms with Gasteiger partial charge in [0.1, 0.15) is 0 Å². The molecule has 9 nitrogen and oxygen atoms in total. The van der Waals surface area contributed by atoms with Gasteiger partial charge in [-0.25, -0.2) is 4.79 Å². The van der Waals surface area contributed by atoms with E-state index in [1.165, 1.54) is 0 Å². The zero-order valence-electron chi connectivity index (χ0n) is 9.11. The van der Waals surface area contributed by atoms with Gasteiger partial charge in [0.2, 0.25) is 0 Å². The zero-order valence-corrected chi connectivity index (χ0v) is 9.92. The van der Waals surface area contributed by atoms with E-state index in [1.54, 1.807) is 0 Å². The second-order valence-corrected chi connectivity index (χ2v) is 5.11. The van der Waals surface area contributed by atoms with Crippen LogP contribution < -0.4 is 0 Å². The Hall–Kier alpha value is -1.52. The lowest BCUT2D eigenvalue weighted by Crippen LogP contribution is -2.40. The highest BCUT2D eigenvalue weighted by Gasteiger charge is 2.38. The predicted molar refractivity (Wildman–Crippen MR) is 54.2 cm³/mol. The van der Waals surface area contributed by atoms with E-state index in [0.29, 0.717) is 0 Å². The average molecular weight is 281 g/mol. The third-order valence-electron chi connectivity index (χ3n) is 2.20. The number of carbonyl (C=O) groups excluding carboxylic acids is 3. The van der Waals surface area contributed by atoms with Crippen LogP contribution in [0.25, 0.3) is 0 Å². The quantitative estimate of drug-likeness (QED) is 0.446. The lowest BCUT2D eigenvalue weighted by Gasteiger charge is -2.16. The largest absolute Gasteiger partial charge is 0.396 e. The fourth-order valence-electron chi connectivity index (χ4n) is 1.31. The van der Waals surface area contributed by atoms with Gasteiger partial charge in [0.05, 0.1) is 0 Å². The summed E-state index contributed by atoms with van der Waals surface area (Å²) >= 11 is 0. The molecule has 1 aliphatic heterocycles. The Balaban J connectivity index is 2.79. The topological polar surface area (TPSA) is 138 Å². The number of amides is 2. The zero-order chi connectivity index (χ0) is 13.9. The van der Waals surface area contributed by atoms with Crippen molar-refractivity contribution in [3.8, 4) is 0 Å². The SMILES string of the molecule is O=C(ON1C(=O)CCC1=O)C(CCO)S(=O)(=O)O. The van der Waals surface area contributed by atoms with Crippen LogP contribution in [0.2, 0.25) is 0 Å². The van der Waals surface area contributed by atoms with Crippen molar-refractivity contribution in [2.24, 2.45) is 0 Å². The number of aliphatic hydroxyl groups excluding tert-OH is 1. The molecule has 0 aliphatic carbocycles. The monoisotopic (exact) mass is 281 g/mol. The summed E-state index contributed by atoms with van der Waals surface area (Å²) in [5, 5.41) is 6.71. The van der Waals surface area contributed by atoms with Crippen LogP contribution >= 0.6 is 0 Å². The Bertz CT molecular complexity index is 453. The number of hydrogen-bond acceptors (Lipinski definition) is 7. The first kappa shape index (κ1) is 14.5. The maximum atomic E-state index is 11.4. The minimum absolute atomic E-state index is 0.136. The van der Waals surface area contributed by atoms with E-state index in [2.05, 4.69) is 4.84 Å². The smallest absolute Gasteiger partial charge is 0.353 e. The lowest BCUT2D eigenvalue weighted by atomic mass is 10.3. The highest BCUT2D eigenvalue weighted by atomic mass is 32.2. The van der Waals surface area contributed by atoms with Gasteiger partial charge in [0, 0.05) is 25.9 Å². The van der Waals surface area contributed by atoms with E-state index in [1.807, 2.05) is 0 Å². The Morgan fingerprint density at radius 2 is 1.83 bits per heavy atom. The molecular formula is C8H11NO8S. The molecule has 1 atom stereocenters. The molecule has 18 heavy (non-hydrogen) atoms. The van der Waals surface area contributed by atoms with E-state index >= 15 is 0 Å². The molecular weight excluding hydrogens is 270 g/mol. The number of aliphatic hydroxyl groups is 1. The molecule has 1 heterocycles. The highest BCUT2D eigenvalue weighted by molar-refractivity contribution is 7.87. The first-order valence-electron chi connectivity index (χ1n) is 4.92. The van der Waals surface area contributed by atoms with Gasteiger partial charge in [-0.1, -0.05) is 0 Å². The molecule has 0 radical (unpaired) electrons. The van der Waals surface area contributed by atoms with Gasteiger partial charge in [-0.05, 0) is 0 Å². The summed E-state index contributed by atoms with van der Waals surface area (Å²) in [5.41, 5.74) is 0. The fraction of sp³-hybridized carbons (Fsp3) is 0.625. The number of carbonyl (C=O) groups is 3. The van der Waals surface area contributed by atoms with E-state index in [0.717, 1.165) is 0 Å². The van der Waals surface area contributed by atoms with Crippen LogP contribution in [0.1, 0.15) is 19.3 Å². The van der Waals surface area contributed by atoms with Crippen LogP contribution in [0.4, 0.5) is 0 Å². The minimum atomic E-state index is -4.79. The summed E-state index contributed by atoms with van der Waals surface area (Å²) in [6.45, 7) is -0.693. The van der Waals surface area contributed by atoms with Crippen molar-refractivity contribution in [2.75, 3.05) is 6.61 Å². The average Bonchev–Trinajstić information content (AvgIpc) is 2.55. The van der Waals surface area contributed by atoms with Crippen molar-refractivity contribution < 1.29 is 37.3 Å². The molecule has 0 bridgehead atoms. The van der Waals surface area contributed by atoms with Crippen molar-refractivity contribution in [3.63, 3.8) is 0 Å². The standard InChI is InChI=1S/C8H11NO8S/c10-4-3-5(18(14,15)16)8(13)17-9-6(11)1-2-7(9)12/h5,10H,1-4H2,(H,14,15,16). The van der Waals surface area contributed by atoms with Crippen molar-refractivity contribution in [1.29, 1.82) is 0 Å². The Kier molecular flexibility index (Phi) is 4.38. The summed E-state index contributed by atoms with van der Waals surface area (Å²) in [6, 6.07) is 0.